The Morgan fingerprint density at radius 2 is 2.00 bits per heavy atom. The number of hydrogen-bond acceptors (Lipinski definition) is 6. The van der Waals surface area contributed by atoms with E-state index in [2.05, 4.69) is 10.6 Å². The van der Waals surface area contributed by atoms with E-state index in [0.29, 0.717) is 37.0 Å². The number of ether oxygens (including phenoxy) is 1. The molecule has 1 aromatic carbocycles. The summed E-state index contributed by atoms with van der Waals surface area (Å²) in [7, 11) is 1.53. The molecular formula is C21H27N3O7. The van der Waals surface area contributed by atoms with Gasteiger partial charge in [0.2, 0.25) is 11.8 Å². The molecule has 0 radical (unpaired) electrons. The molecule has 0 aliphatic carbocycles. The predicted molar refractivity (Wildman–Crippen MR) is 110 cm³/mol. The van der Waals surface area contributed by atoms with Crippen LogP contribution in [-0.4, -0.2) is 71.8 Å². The normalized spacial score (nSPS) is 17.4. The molecule has 0 spiro atoms. The predicted octanol–water partition coefficient (Wildman–Crippen LogP) is 0.271. The number of carboxylic acid groups (broad SMARTS) is 1. The largest absolute Gasteiger partial charge is 0.496 e. The van der Waals surface area contributed by atoms with Crippen molar-refractivity contribution in [2.45, 2.75) is 51.2 Å². The number of aldehydes is 1. The van der Waals surface area contributed by atoms with Gasteiger partial charge in [0.25, 0.3) is 5.91 Å². The Labute approximate surface area is 179 Å². The maximum Gasteiger partial charge on any atom is 0.305 e. The molecule has 1 fully saturated rings. The minimum atomic E-state index is -1.22. The summed E-state index contributed by atoms with van der Waals surface area (Å²) in [5, 5.41) is 13.8. The van der Waals surface area contributed by atoms with Crippen LogP contribution in [0, 0.1) is 6.92 Å². The van der Waals surface area contributed by atoms with Gasteiger partial charge < -0.3 is 30.2 Å². The van der Waals surface area contributed by atoms with Crippen LogP contribution >= 0.6 is 0 Å². The highest BCUT2D eigenvalue weighted by Crippen LogP contribution is 2.20. The lowest BCUT2D eigenvalue weighted by Gasteiger charge is -2.27. The number of nitrogens with one attached hydrogen (secondary N) is 2. The quantitative estimate of drug-likeness (QED) is 0.475. The second-order valence-corrected chi connectivity index (χ2v) is 7.42. The van der Waals surface area contributed by atoms with Crippen LogP contribution in [0.5, 0.6) is 5.75 Å². The Balaban J connectivity index is 2.02. The van der Waals surface area contributed by atoms with E-state index in [1.54, 1.807) is 25.1 Å². The molecule has 1 aliphatic rings. The minimum absolute atomic E-state index is 0.323. The maximum atomic E-state index is 12.9. The maximum absolute atomic E-state index is 12.9. The van der Waals surface area contributed by atoms with Gasteiger partial charge >= 0.3 is 5.97 Å². The molecule has 168 valence electrons. The van der Waals surface area contributed by atoms with E-state index in [4.69, 9.17) is 9.84 Å². The fraction of sp³-hybridized carbons (Fsp3) is 0.476. The Hall–Kier alpha value is -3.43. The van der Waals surface area contributed by atoms with Gasteiger partial charge in [0.15, 0.2) is 0 Å². The van der Waals surface area contributed by atoms with E-state index in [1.165, 1.54) is 18.9 Å². The number of amides is 3. The van der Waals surface area contributed by atoms with Crippen LogP contribution in [0.15, 0.2) is 18.2 Å². The van der Waals surface area contributed by atoms with Crippen LogP contribution in [0.25, 0.3) is 0 Å². The van der Waals surface area contributed by atoms with Crippen LogP contribution in [-0.2, 0) is 19.2 Å². The highest BCUT2D eigenvalue weighted by molar-refractivity contribution is 5.98. The van der Waals surface area contributed by atoms with E-state index in [-0.39, 0.29) is 0 Å². The van der Waals surface area contributed by atoms with Gasteiger partial charge in [-0.1, -0.05) is 0 Å². The molecule has 3 N–H and O–H groups in total. The van der Waals surface area contributed by atoms with Gasteiger partial charge in [-0.05, 0) is 50.5 Å². The molecular weight excluding hydrogens is 406 g/mol. The monoisotopic (exact) mass is 433 g/mol. The number of hydrogen-bond donors (Lipinski definition) is 3. The van der Waals surface area contributed by atoms with Crippen molar-refractivity contribution in [1.29, 1.82) is 0 Å². The SMILES string of the molecule is COc1ccc(C(=O)NC(C)C(=O)N2CCCC2C(=O)N[C@H](C=O)CC(=O)O)cc1C. The second kappa shape index (κ2) is 10.6. The van der Waals surface area contributed by atoms with E-state index >= 15 is 0 Å². The van der Waals surface area contributed by atoms with Crippen LogP contribution in [0.1, 0.15) is 42.1 Å². The number of carbonyl (C=O) groups excluding carboxylic acids is 4. The molecule has 10 heteroatoms. The number of aryl methyl sites for hydroxylation is 1. The third-order valence-corrected chi connectivity index (χ3v) is 5.10. The van der Waals surface area contributed by atoms with Crippen LogP contribution in [0.3, 0.4) is 0 Å². The number of carbonyl (C=O) groups is 5. The summed E-state index contributed by atoms with van der Waals surface area (Å²) < 4.78 is 5.17. The molecule has 0 bridgehead atoms. The fourth-order valence-corrected chi connectivity index (χ4v) is 3.51. The van der Waals surface area contributed by atoms with Gasteiger partial charge in [-0.25, -0.2) is 0 Å². The Morgan fingerprint density at radius 3 is 2.58 bits per heavy atom. The first-order valence-corrected chi connectivity index (χ1v) is 9.91. The first-order chi connectivity index (χ1) is 14.7. The topological polar surface area (TPSA) is 142 Å². The number of nitrogens with zero attached hydrogens (tertiary/aromatic N) is 1. The second-order valence-electron chi connectivity index (χ2n) is 7.42. The van der Waals surface area contributed by atoms with Crippen molar-refractivity contribution < 1.29 is 33.8 Å². The van der Waals surface area contributed by atoms with Gasteiger partial charge in [0.05, 0.1) is 19.6 Å². The van der Waals surface area contributed by atoms with Crippen molar-refractivity contribution in [1.82, 2.24) is 15.5 Å². The molecule has 10 nitrogen and oxygen atoms in total. The average Bonchev–Trinajstić information content (AvgIpc) is 3.22. The first-order valence-electron chi connectivity index (χ1n) is 9.91. The summed E-state index contributed by atoms with van der Waals surface area (Å²) in [4.78, 5) is 61.1. The fourth-order valence-electron chi connectivity index (χ4n) is 3.51. The lowest BCUT2D eigenvalue weighted by atomic mass is 10.1. The van der Waals surface area contributed by atoms with E-state index in [0.717, 1.165) is 5.56 Å². The molecule has 2 rings (SSSR count). The third kappa shape index (κ3) is 6.03. The van der Waals surface area contributed by atoms with Gasteiger partial charge in [0, 0.05) is 12.1 Å². The zero-order valence-corrected chi connectivity index (χ0v) is 17.7. The average molecular weight is 433 g/mol. The van der Waals surface area contributed by atoms with Crippen molar-refractivity contribution in [2.24, 2.45) is 0 Å². The molecule has 0 aromatic heterocycles. The molecule has 3 atom stereocenters. The highest BCUT2D eigenvalue weighted by atomic mass is 16.5. The third-order valence-electron chi connectivity index (χ3n) is 5.10. The molecule has 1 aliphatic heterocycles. The Kier molecular flexibility index (Phi) is 8.12. The number of methoxy groups -OCH3 is 1. The summed E-state index contributed by atoms with van der Waals surface area (Å²) in [6.45, 7) is 3.65. The number of carboxylic acids is 1. The standard InChI is InChI=1S/C21H27N3O7/c1-12-9-14(6-7-17(12)31-3)19(28)22-13(2)21(30)24-8-4-5-16(24)20(29)23-15(11-25)10-18(26)27/h6-7,9,11,13,15-16H,4-5,8,10H2,1-3H3,(H,22,28)(H,23,29)(H,26,27)/t13?,15-,16?/m0/s1. The van der Waals surface area contributed by atoms with Gasteiger partial charge in [0.1, 0.15) is 24.1 Å². The zero-order valence-electron chi connectivity index (χ0n) is 17.7. The Morgan fingerprint density at radius 1 is 1.29 bits per heavy atom. The van der Waals surface area contributed by atoms with Gasteiger partial charge in [-0.2, -0.15) is 0 Å². The van der Waals surface area contributed by atoms with E-state index < -0.39 is 48.2 Å². The summed E-state index contributed by atoms with van der Waals surface area (Å²) in [5.41, 5.74) is 1.15. The molecule has 31 heavy (non-hydrogen) atoms. The molecule has 1 aromatic rings. The lowest BCUT2D eigenvalue weighted by molar-refractivity contribution is -0.141. The lowest BCUT2D eigenvalue weighted by Crippen LogP contribution is -2.54. The summed E-state index contributed by atoms with van der Waals surface area (Å²) in [5.74, 6) is -2.04. The van der Waals surface area contributed by atoms with Crippen LogP contribution in [0.4, 0.5) is 0 Å². The number of rotatable bonds is 9. The van der Waals surface area contributed by atoms with Crippen LogP contribution < -0.4 is 15.4 Å². The smallest absolute Gasteiger partial charge is 0.305 e. The number of benzene rings is 1. The molecule has 0 saturated carbocycles. The molecule has 1 saturated heterocycles. The number of likely N-dealkylation sites (tertiary alicyclic amines) is 1. The molecule has 2 unspecified atom stereocenters. The summed E-state index contributed by atoms with van der Waals surface area (Å²) >= 11 is 0. The molecule has 1 heterocycles. The minimum Gasteiger partial charge on any atom is -0.496 e. The van der Waals surface area contributed by atoms with E-state index in [1.807, 2.05) is 0 Å². The van der Waals surface area contributed by atoms with Crippen LogP contribution in [0.2, 0.25) is 0 Å². The van der Waals surface area contributed by atoms with Crippen molar-refractivity contribution in [2.75, 3.05) is 13.7 Å². The number of aliphatic carboxylic acids is 1. The summed E-state index contributed by atoms with van der Waals surface area (Å²) in [6, 6.07) is 2.03. The molecule has 3 amide bonds. The van der Waals surface area contributed by atoms with Gasteiger partial charge in [-0.15, -0.1) is 0 Å². The van der Waals surface area contributed by atoms with E-state index in [9.17, 15) is 24.0 Å². The highest BCUT2D eigenvalue weighted by Gasteiger charge is 2.37. The van der Waals surface area contributed by atoms with Crippen molar-refractivity contribution in [3.05, 3.63) is 29.3 Å². The summed E-state index contributed by atoms with van der Waals surface area (Å²) in [6.07, 6.45) is 0.776. The Bertz CT molecular complexity index is 871. The first kappa shape index (κ1) is 23.8. The van der Waals surface area contributed by atoms with Crippen molar-refractivity contribution >= 4 is 30.0 Å². The zero-order chi connectivity index (χ0) is 23.1. The van der Waals surface area contributed by atoms with Crippen molar-refractivity contribution in [3.8, 4) is 5.75 Å². The van der Waals surface area contributed by atoms with Gasteiger partial charge in [-0.3, -0.25) is 19.2 Å². The van der Waals surface area contributed by atoms with Crippen molar-refractivity contribution in [3.63, 3.8) is 0 Å².